The summed E-state index contributed by atoms with van der Waals surface area (Å²) < 4.78 is 32.6. The van der Waals surface area contributed by atoms with Gasteiger partial charge < -0.3 is 9.64 Å². The molecule has 1 saturated heterocycles. The molecule has 1 aliphatic heterocycles. The van der Waals surface area contributed by atoms with Crippen molar-refractivity contribution in [2.45, 2.75) is 57.0 Å². The molecule has 4 rings (SSSR count). The number of carbonyl (C=O) groups excluding carboxylic acids is 1. The number of nitrogens with zero attached hydrogens (tertiary/aromatic N) is 1. The minimum atomic E-state index is -3.40. The van der Waals surface area contributed by atoms with Crippen molar-refractivity contribution in [3.8, 4) is 11.1 Å². The zero-order chi connectivity index (χ0) is 23.3. The summed E-state index contributed by atoms with van der Waals surface area (Å²) in [5.41, 5.74) is 3.30. The van der Waals surface area contributed by atoms with E-state index in [2.05, 4.69) is 29.0 Å². The maximum Gasteiger partial charge on any atom is 0.410 e. The van der Waals surface area contributed by atoms with E-state index in [1.54, 1.807) is 4.90 Å². The minimum Gasteiger partial charge on any atom is -0.449 e. The van der Waals surface area contributed by atoms with Crippen molar-refractivity contribution in [3.63, 3.8) is 0 Å². The van der Waals surface area contributed by atoms with Crippen LogP contribution in [-0.4, -0.2) is 50.9 Å². The Morgan fingerprint density at radius 1 is 1.00 bits per heavy atom. The lowest BCUT2D eigenvalue weighted by molar-refractivity contribution is 0.0552. The summed E-state index contributed by atoms with van der Waals surface area (Å²) in [5.74, 6) is 0.449. The Morgan fingerprint density at radius 2 is 1.73 bits per heavy atom. The van der Waals surface area contributed by atoms with Crippen LogP contribution in [0.1, 0.15) is 44.1 Å². The molecule has 1 heterocycles. The lowest BCUT2D eigenvalue weighted by Gasteiger charge is -2.41. The third kappa shape index (κ3) is 6.58. The number of sulfonamides is 1. The maximum absolute atomic E-state index is 13.1. The van der Waals surface area contributed by atoms with Gasteiger partial charge in [-0.15, -0.1) is 0 Å². The van der Waals surface area contributed by atoms with Gasteiger partial charge in [-0.2, -0.15) is 0 Å². The summed E-state index contributed by atoms with van der Waals surface area (Å²) in [5, 5.41) is 0. The number of hydrogen-bond acceptors (Lipinski definition) is 4. The van der Waals surface area contributed by atoms with Gasteiger partial charge in [0.05, 0.1) is 18.9 Å². The lowest BCUT2D eigenvalue weighted by atomic mass is 9.90. The Kier molecular flexibility index (Phi) is 7.71. The van der Waals surface area contributed by atoms with Gasteiger partial charge in [-0.1, -0.05) is 67.4 Å². The summed E-state index contributed by atoms with van der Waals surface area (Å²) in [4.78, 5) is 14.8. The molecule has 0 radical (unpaired) electrons. The average Bonchev–Trinajstić information content (AvgIpc) is 3.32. The summed E-state index contributed by atoms with van der Waals surface area (Å²) >= 11 is 0. The fourth-order valence-electron chi connectivity index (χ4n) is 5.15. The van der Waals surface area contributed by atoms with Gasteiger partial charge in [-0.05, 0) is 54.7 Å². The first kappa shape index (κ1) is 23.8. The summed E-state index contributed by atoms with van der Waals surface area (Å²) in [6, 6.07) is 17.8. The predicted octanol–water partition coefficient (Wildman–Crippen LogP) is 4.61. The number of rotatable bonds is 7. The molecule has 1 amide bonds. The first-order valence-corrected chi connectivity index (χ1v) is 13.8. The fourth-order valence-corrected chi connectivity index (χ4v) is 5.97. The van der Waals surface area contributed by atoms with Crippen molar-refractivity contribution < 1.29 is 17.9 Å². The number of carbonyl (C=O) groups is 1. The van der Waals surface area contributed by atoms with E-state index in [1.807, 2.05) is 30.3 Å². The van der Waals surface area contributed by atoms with Crippen LogP contribution in [0.25, 0.3) is 11.1 Å². The second-order valence-electron chi connectivity index (χ2n) is 9.40. The zero-order valence-corrected chi connectivity index (χ0v) is 20.1. The zero-order valence-electron chi connectivity index (χ0n) is 19.3. The van der Waals surface area contributed by atoms with E-state index in [4.69, 9.17) is 4.74 Å². The van der Waals surface area contributed by atoms with Crippen molar-refractivity contribution in [2.75, 3.05) is 19.4 Å². The van der Waals surface area contributed by atoms with E-state index in [9.17, 15) is 13.2 Å². The molecule has 7 heteroatoms. The highest BCUT2D eigenvalue weighted by Gasteiger charge is 2.37. The smallest absolute Gasteiger partial charge is 0.410 e. The van der Waals surface area contributed by atoms with Crippen LogP contribution >= 0.6 is 0 Å². The molecule has 33 heavy (non-hydrogen) atoms. The standard InChI is InChI=1S/C26H34N2O4S/c1-33(30,31)27-24-15-8-16-28(26(29)32-19-20-9-5-6-10-20)25(24)18-21-11-7-14-23(17-21)22-12-3-2-4-13-22/h2-4,7,11-14,17,20,24-25,27H,5-6,8-10,15-16,18-19H2,1H3/t24-,25-/m0/s1. The highest BCUT2D eigenvalue weighted by Crippen LogP contribution is 2.28. The Bertz CT molecular complexity index is 1040. The molecule has 1 N–H and O–H groups in total. The van der Waals surface area contributed by atoms with Crippen LogP contribution < -0.4 is 4.72 Å². The second-order valence-corrected chi connectivity index (χ2v) is 11.2. The maximum atomic E-state index is 13.1. The number of benzene rings is 2. The van der Waals surface area contributed by atoms with Gasteiger partial charge in [-0.25, -0.2) is 17.9 Å². The van der Waals surface area contributed by atoms with Crippen molar-refractivity contribution in [1.29, 1.82) is 0 Å². The third-order valence-corrected chi connectivity index (χ3v) is 7.51. The molecule has 0 unspecified atom stereocenters. The Labute approximate surface area is 197 Å². The number of hydrogen-bond donors (Lipinski definition) is 1. The van der Waals surface area contributed by atoms with Crippen LogP contribution in [0.5, 0.6) is 0 Å². The van der Waals surface area contributed by atoms with Crippen LogP contribution in [0.2, 0.25) is 0 Å². The fraction of sp³-hybridized carbons (Fsp3) is 0.500. The molecule has 178 valence electrons. The van der Waals surface area contributed by atoms with Crippen LogP contribution in [0.15, 0.2) is 54.6 Å². The Hall–Kier alpha value is -2.38. The second kappa shape index (κ2) is 10.7. The Morgan fingerprint density at radius 3 is 2.45 bits per heavy atom. The molecule has 1 saturated carbocycles. The van der Waals surface area contributed by atoms with E-state index in [1.165, 1.54) is 19.1 Å². The molecule has 2 aromatic carbocycles. The number of ether oxygens (including phenoxy) is 1. The van der Waals surface area contributed by atoms with Gasteiger partial charge in [0.2, 0.25) is 10.0 Å². The molecule has 6 nitrogen and oxygen atoms in total. The van der Waals surface area contributed by atoms with Gasteiger partial charge in [-0.3, -0.25) is 0 Å². The van der Waals surface area contributed by atoms with E-state index >= 15 is 0 Å². The van der Waals surface area contributed by atoms with Crippen LogP contribution in [0.4, 0.5) is 4.79 Å². The Balaban J connectivity index is 1.54. The van der Waals surface area contributed by atoms with E-state index < -0.39 is 10.0 Å². The SMILES string of the molecule is CS(=O)(=O)N[C@H]1CCCN(C(=O)OCC2CCCC2)[C@H]1Cc1cccc(-c2ccccc2)c1. The topological polar surface area (TPSA) is 75.7 Å². The van der Waals surface area contributed by atoms with Gasteiger partial charge in [0, 0.05) is 12.6 Å². The van der Waals surface area contributed by atoms with E-state index in [0.29, 0.717) is 31.9 Å². The molecular formula is C26H34N2O4S. The van der Waals surface area contributed by atoms with Gasteiger partial charge >= 0.3 is 6.09 Å². The minimum absolute atomic E-state index is 0.296. The van der Waals surface area contributed by atoms with E-state index in [0.717, 1.165) is 36.0 Å². The van der Waals surface area contributed by atoms with Crippen LogP contribution in [0, 0.1) is 5.92 Å². The van der Waals surface area contributed by atoms with Crippen molar-refractivity contribution >= 4 is 16.1 Å². The molecule has 0 bridgehead atoms. The quantitative estimate of drug-likeness (QED) is 0.641. The molecule has 2 aromatic rings. The first-order valence-electron chi connectivity index (χ1n) is 11.9. The normalized spacial score (nSPS) is 21.8. The largest absolute Gasteiger partial charge is 0.449 e. The van der Waals surface area contributed by atoms with E-state index in [-0.39, 0.29) is 18.2 Å². The highest BCUT2D eigenvalue weighted by atomic mass is 32.2. The van der Waals surface area contributed by atoms with Crippen LogP contribution in [0.3, 0.4) is 0 Å². The summed E-state index contributed by atoms with van der Waals surface area (Å²) in [6.45, 7) is 1.03. The number of nitrogens with one attached hydrogen (secondary N) is 1. The molecular weight excluding hydrogens is 436 g/mol. The van der Waals surface area contributed by atoms with Gasteiger partial charge in [0.15, 0.2) is 0 Å². The predicted molar refractivity (Wildman–Crippen MR) is 130 cm³/mol. The third-order valence-electron chi connectivity index (χ3n) is 6.78. The highest BCUT2D eigenvalue weighted by molar-refractivity contribution is 7.88. The monoisotopic (exact) mass is 470 g/mol. The number of amides is 1. The van der Waals surface area contributed by atoms with Crippen molar-refractivity contribution in [2.24, 2.45) is 5.92 Å². The number of likely N-dealkylation sites (tertiary alicyclic amines) is 1. The lowest BCUT2D eigenvalue weighted by Crippen LogP contribution is -2.58. The molecule has 2 fully saturated rings. The number of piperidine rings is 1. The molecule has 2 atom stereocenters. The van der Waals surface area contributed by atoms with Gasteiger partial charge in [0.25, 0.3) is 0 Å². The average molecular weight is 471 g/mol. The van der Waals surface area contributed by atoms with Crippen LogP contribution in [-0.2, 0) is 21.2 Å². The summed E-state index contributed by atoms with van der Waals surface area (Å²) in [7, 11) is -3.40. The molecule has 1 aliphatic carbocycles. The molecule has 0 aromatic heterocycles. The molecule has 0 spiro atoms. The van der Waals surface area contributed by atoms with Crippen molar-refractivity contribution in [3.05, 3.63) is 60.2 Å². The first-order chi connectivity index (χ1) is 15.9. The molecule has 2 aliphatic rings. The summed E-state index contributed by atoms with van der Waals surface area (Å²) in [6.07, 6.45) is 7.48. The van der Waals surface area contributed by atoms with Crippen molar-refractivity contribution in [1.82, 2.24) is 9.62 Å². The van der Waals surface area contributed by atoms with Gasteiger partial charge in [0.1, 0.15) is 0 Å².